The van der Waals surface area contributed by atoms with Crippen LogP contribution in [0.4, 0.5) is 13.2 Å². The van der Waals surface area contributed by atoms with E-state index in [2.05, 4.69) is 4.98 Å². The number of nitrogens with two attached hydrogens (primary N) is 1. The maximum Gasteiger partial charge on any atom is 0.433 e. The molecular weight excluding hydrogens is 257 g/mol. The minimum atomic E-state index is -4.44. The fourth-order valence-corrected chi connectivity index (χ4v) is 1.53. The van der Waals surface area contributed by atoms with Gasteiger partial charge in [-0.25, -0.2) is 0 Å². The lowest BCUT2D eigenvalue weighted by molar-refractivity contribution is -0.141. The molecule has 2 rings (SSSR count). The molecule has 0 atom stereocenters. The van der Waals surface area contributed by atoms with Crippen molar-refractivity contribution in [3.05, 3.63) is 24.0 Å². The lowest BCUT2D eigenvalue weighted by atomic mass is 9.90. The summed E-state index contributed by atoms with van der Waals surface area (Å²) < 4.78 is 42.3. The second-order valence-electron chi connectivity index (χ2n) is 3.85. The zero-order valence-corrected chi connectivity index (χ0v) is 9.59. The van der Waals surface area contributed by atoms with Crippen LogP contribution in [0.2, 0.25) is 0 Å². The van der Waals surface area contributed by atoms with Crippen LogP contribution in [0.1, 0.15) is 18.5 Å². The van der Waals surface area contributed by atoms with Gasteiger partial charge in [-0.05, 0) is 18.9 Å². The molecule has 1 fully saturated rings. The minimum Gasteiger partial charge on any atom is -0.490 e. The number of nitrogens with zero attached hydrogens (tertiary/aromatic N) is 1. The molecule has 1 aliphatic rings. The van der Waals surface area contributed by atoms with Gasteiger partial charge in [0.25, 0.3) is 0 Å². The Kier molecular flexibility index (Phi) is 4.21. The van der Waals surface area contributed by atoms with E-state index in [4.69, 9.17) is 10.5 Å². The summed E-state index contributed by atoms with van der Waals surface area (Å²) in [6, 6.07) is 2.43. The van der Waals surface area contributed by atoms with Crippen LogP contribution in [0.5, 0.6) is 5.75 Å². The highest BCUT2D eigenvalue weighted by atomic mass is 35.5. The van der Waals surface area contributed by atoms with E-state index in [0.29, 0.717) is 12.8 Å². The molecule has 2 N–H and O–H groups in total. The molecule has 0 aromatic carbocycles. The summed E-state index contributed by atoms with van der Waals surface area (Å²) in [7, 11) is 0. The minimum absolute atomic E-state index is 0. The molecule has 1 aromatic heterocycles. The Morgan fingerprint density at radius 3 is 2.53 bits per heavy atom. The molecule has 1 aromatic rings. The molecule has 0 saturated heterocycles. The molecule has 17 heavy (non-hydrogen) atoms. The Labute approximate surface area is 103 Å². The van der Waals surface area contributed by atoms with Crippen LogP contribution in [-0.4, -0.2) is 17.1 Å². The average Bonchev–Trinajstić information content (AvgIpc) is 2.14. The lowest BCUT2D eigenvalue weighted by Gasteiger charge is -2.32. The number of halogens is 4. The van der Waals surface area contributed by atoms with Gasteiger partial charge in [-0.2, -0.15) is 13.2 Å². The summed E-state index contributed by atoms with van der Waals surface area (Å²) in [4.78, 5) is 3.25. The van der Waals surface area contributed by atoms with E-state index in [1.54, 1.807) is 0 Å². The first-order valence-electron chi connectivity index (χ1n) is 4.90. The number of pyridine rings is 1. The Bertz CT molecular complexity index is 380. The summed E-state index contributed by atoms with van der Waals surface area (Å²) in [5.74, 6) is 0.194. The fraction of sp³-hybridized carbons (Fsp3) is 0.500. The largest absolute Gasteiger partial charge is 0.490 e. The van der Waals surface area contributed by atoms with Crippen molar-refractivity contribution >= 4 is 12.4 Å². The first-order chi connectivity index (χ1) is 7.45. The van der Waals surface area contributed by atoms with Gasteiger partial charge >= 0.3 is 6.18 Å². The molecule has 0 amide bonds. The Morgan fingerprint density at radius 1 is 1.35 bits per heavy atom. The Hall–Kier alpha value is -1.01. The number of alkyl halides is 3. The molecule has 96 valence electrons. The third kappa shape index (κ3) is 3.47. The number of aromatic nitrogens is 1. The van der Waals surface area contributed by atoms with Gasteiger partial charge in [0.15, 0.2) is 0 Å². The van der Waals surface area contributed by atoms with E-state index < -0.39 is 11.9 Å². The molecule has 0 aliphatic heterocycles. The lowest BCUT2D eigenvalue weighted by Crippen LogP contribution is -2.43. The topological polar surface area (TPSA) is 48.1 Å². The summed E-state index contributed by atoms with van der Waals surface area (Å²) in [5.41, 5.74) is 4.61. The third-order valence-corrected chi connectivity index (χ3v) is 2.46. The first-order valence-corrected chi connectivity index (χ1v) is 4.90. The monoisotopic (exact) mass is 268 g/mol. The normalized spacial score (nSPS) is 23.5. The number of rotatable bonds is 2. The number of hydrogen-bond donors (Lipinski definition) is 1. The zero-order valence-electron chi connectivity index (χ0n) is 8.78. The highest BCUT2D eigenvalue weighted by Gasteiger charge is 2.33. The van der Waals surface area contributed by atoms with Crippen molar-refractivity contribution in [3.8, 4) is 5.75 Å². The molecule has 7 heteroatoms. The van der Waals surface area contributed by atoms with Gasteiger partial charge in [-0.15, -0.1) is 12.4 Å². The highest BCUT2D eigenvalue weighted by molar-refractivity contribution is 5.85. The maximum absolute atomic E-state index is 12.3. The fourth-order valence-electron chi connectivity index (χ4n) is 1.53. The van der Waals surface area contributed by atoms with Crippen molar-refractivity contribution in [2.45, 2.75) is 31.2 Å². The molecule has 0 unspecified atom stereocenters. The van der Waals surface area contributed by atoms with Crippen LogP contribution in [0.3, 0.4) is 0 Å². The van der Waals surface area contributed by atoms with Crippen LogP contribution in [0.25, 0.3) is 0 Å². The van der Waals surface area contributed by atoms with Gasteiger partial charge in [0, 0.05) is 18.3 Å². The Morgan fingerprint density at radius 2 is 2.00 bits per heavy atom. The van der Waals surface area contributed by atoms with Crippen LogP contribution in [-0.2, 0) is 6.18 Å². The summed E-state index contributed by atoms with van der Waals surface area (Å²) in [6.45, 7) is 0. The zero-order chi connectivity index (χ0) is 11.8. The second kappa shape index (κ2) is 5.10. The predicted molar refractivity (Wildman–Crippen MR) is 58.1 cm³/mol. The molecule has 3 nitrogen and oxygen atoms in total. The van der Waals surface area contributed by atoms with Crippen molar-refractivity contribution in [1.82, 2.24) is 4.98 Å². The van der Waals surface area contributed by atoms with Crippen molar-refractivity contribution in [2.75, 3.05) is 0 Å². The van der Waals surface area contributed by atoms with Crippen molar-refractivity contribution in [2.24, 2.45) is 5.73 Å². The van der Waals surface area contributed by atoms with Crippen molar-refractivity contribution in [3.63, 3.8) is 0 Å². The van der Waals surface area contributed by atoms with Crippen molar-refractivity contribution < 1.29 is 17.9 Å². The predicted octanol–water partition coefficient (Wildman–Crippen LogP) is 2.39. The standard InChI is InChI=1S/C10H11F3N2O.ClH/c11-10(12,13)9-5-7(1-2-15-9)16-8-3-6(14)4-8;/h1-2,5-6,8H,3-4,14H2;1H. The number of ether oxygens (including phenoxy) is 1. The van der Waals surface area contributed by atoms with Gasteiger partial charge in [0.05, 0.1) is 0 Å². The summed E-state index contributed by atoms with van der Waals surface area (Å²) >= 11 is 0. The summed E-state index contributed by atoms with van der Waals surface area (Å²) in [5, 5.41) is 0. The second-order valence-corrected chi connectivity index (χ2v) is 3.85. The molecule has 1 heterocycles. The van der Waals surface area contributed by atoms with Crippen LogP contribution >= 0.6 is 12.4 Å². The first kappa shape index (κ1) is 14.1. The molecule has 1 aliphatic carbocycles. The van der Waals surface area contributed by atoms with Crippen molar-refractivity contribution in [1.29, 1.82) is 0 Å². The molecule has 1 saturated carbocycles. The van der Waals surface area contributed by atoms with Crippen LogP contribution < -0.4 is 10.5 Å². The Balaban J connectivity index is 0.00000144. The van der Waals surface area contributed by atoms with E-state index in [-0.39, 0.29) is 30.3 Å². The van der Waals surface area contributed by atoms with E-state index in [0.717, 1.165) is 12.3 Å². The van der Waals surface area contributed by atoms with Crippen LogP contribution in [0.15, 0.2) is 18.3 Å². The van der Waals surface area contributed by atoms with E-state index in [1.165, 1.54) is 6.07 Å². The number of hydrogen-bond acceptors (Lipinski definition) is 3. The summed E-state index contributed by atoms with van der Waals surface area (Å²) in [6.07, 6.45) is -2.04. The van der Waals surface area contributed by atoms with Gasteiger partial charge in [-0.1, -0.05) is 0 Å². The van der Waals surface area contributed by atoms with E-state index in [9.17, 15) is 13.2 Å². The van der Waals surface area contributed by atoms with Crippen LogP contribution in [0, 0.1) is 0 Å². The van der Waals surface area contributed by atoms with Gasteiger partial charge in [0.2, 0.25) is 0 Å². The van der Waals surface area contributed by atoms with Gasteiger partial charge in [-0.3, -0.25) is 4.98 Å². The quantitative estimate of drug-likeness (QED) is 0.896. The average molecular weight is 269 g/mol. The molecule has 0 bridgehead atoms. The van der Waals surface area contributed by atoms with Gasteiger partial charge in [0.1, 0.15) is 17.5 Å². The van der Waals surface area contributed by atoms with Gasteiger partial charge < -0.3 is 10.5 Å². The van der Waals surface area contributed by atoms with E-state index in [1.807, 2.05) is 0 Å². The highest BCUT2D eigenvalue weighted by Crippen LogP contribution is 2.31. The SMILES string of the molecule is Cl.NC1CC(Oc2ccnc(C(F)(F)F)c2)C1. The van der Waals surface area contributed by atoms with E-state index >= 15 is 0 Å². The maximum atomic E-state index is 12.3. The molecule has 0 radical (unpaired) electrons. The molecular formula is C10H12ClF3N2O. The third-order valence-electron chi connectivity index (χ3n) is 2.46. The smallest absolute Gasteiger partial charge is 0.433 e. The molecule has 0 spiro atoms.